The van der Waals surface area contributed by atoms with Gasteiger partial charge in [0.15, 0.2) is 0 Å². The number of amides is 3. The van der Waals surface area contributed by atoms with E-state index in [9.17, 15) is 24.3 Å². The molecular formula is C30H40Cl2I2N4O6. The molecule has 0 aromatic heterocycles. The fourth-order valence-electron chi connectivity index (χ4n) is 5.42. The van der Waals surface area contributed by atoms with Crippen molar-refractivity contribution in [3.63, 3.8) is 0 Å². The highest BCUT2D eigenvalue weighted by Crippen LogP contribution is 2.42. The molecule has 44 heavy (non-hydrogen) atoms. The zero-order valence-corrected chi connectivity index (χ0v) is 31.1. The molecule has 3 amide bonds. The molecule has 10 nitrogen and oxygen atoms in total. The van der Waals surface area contributed by atoms with Crippen molar-refractivity contribution in [3.8, 4) is 0 Å². The number of aliphatic hydroxyl groups excluding tert-OH is 1. The van der Waals surface area contributed by atoms with Crippen LogP contribution in [0, 0.1) is 11.8 Å². The fraction of sp³-hybridized carbons (Fsp3) is 0.600. The van der Waals surface area contributed by atoms with E-state index < -0.39 is 57.5 Å². The molecule has 14 heteroatoms. The van der Waals surface area contributed by atoms with Crippen LogP contribution in [0.2, 0.25) is 0 Å². The lowest BCUT2D eigenvalue weighted by atomic mass is 9.95. The van der Waals surface area contributed by atoms with Crippen molar-refractivity contribution in [1.82, 2.24) is 20.9 Å². The molecule has 1 heterocycles. The van der Waals surface area contributed by atoms with Crippen LogP contribution in [-0.2, 0) is 32.0 Å². The Bertz CT molecular complexity index is 1250. The fourth-order valence-corrected chi connectivity index (χ4v) is 6.31. The van der Waals surface area contributed by atoms with E-state index in [2.05, 4.69) is 61.1 Å². The van der Waals surface area contributed by atoms with E-state index in [-0.39, 0.29) is 31.0 Å². The number of carbonyl (C=O) groups is 4. The Morgan fingerprint density at radius 3 is 2.20 bits per heavy atom. The lowest BCUT2D eigenvalue weighted by Crippen LogP contribution is -2.53. The van der Waals surface area contributed by atoms with E-state index in [0.29, 0.717) is 23.7 Å². The first-order valence-electron chi connectivity index (χ1n) is 14.4. The number of likely N-dealkylation sites (N-methyl/N-ethyl adjacent to an activating group) is 1. The molecule has 0 radical (unpaired) electrons. The monoisotopic (exact) mass is 876 g/mol. The molecule has 1 saturated heterocycles. The second-order valence-electron chi connectivity index (χ2n) is 11.9. The van der Waals surface area contributed by atoms with Crippen LogP contribution >= 0.6 is 68.4 Å². The molecule has 1 aliphatic carbocycles. The third kappa shape index (κ3) is 9.50. The highest BCUT2D eigenvalue weighted by atomic mass is 127. The number of fused-ring (bicyclic) bond motifs is 1. The van der Waals surface area contributed by atoms with Gasteiger partial charge in [0.1, 0.15) is 16.0 Å². The lowest BCUT2D eigenvalue weighted by molar-refractivity contribution is -0.138. The number of allylic oxidation sites excluding steroid dienone is 1. The summed E-state index contributed by atoms with van der Waals surface area (Å²) in [6.45, 7) is 5.25. The summed E-state index contributed by atoms with van der Waals surface area (Å²) in [5, 5.41) is 19.3. The summed E-state index contributed by atoms with van der Waals surface area (Å²) in [7, 11) is 1.36. The number of benzene rings is 1. The maximum atomic E-state index is 14.5. The lowest BCUT2D eigenvalue weighted by Gasteiger charge is -2.31. The molecule has 0 spiro atoms. The first-order chi connectivity index (χ1) is 20.6. The molecule has 2 aliphatic rings. The predicted molar refractivity (Wildman–Crippen MR) is 187 cm³/mol. The summed E-state index contributed by atoms with van der Waals surface area (Å²) in [5.74, 6) is -3.16. The number of aliphatic hydroxyl groups is 1. The van der Waals surface area contributed by atoms with Crippen LogP contribution in [0.4, 0.5) is 4.79 Å². The third-order valence-corrected chi connectivity index (χ3v) is 11.1. The van der Waals surface area contributed by atoms with Gasteiger partial charge in [0, 0.05) is 30.4 Å². The Morgan fingerprint density at radius 1 is 1.07 bits per heavy atom. The summed E-state index contributed by atoms with van der Waals surface area (Å²) >= 11 is 17.3. The van der Waals surface area contributed by atoms with Gasteiger partial charge in [-0.25, -0.2) is 4.79 Å². The van der Waals surface area contributed by atoms with E-state index in [4.69, 9.17) is 27.9 Å². The minimum atomic E-state index is -1.26. The number of alkyl halides is 4. The first-order valence-corrected chi connectivity index (χ1v) is 18.2. The van der Waals surface area contributed by atoms with Gasteiger partial charge >= 0.3 is 6.09 Å². The van der Waals surface area contributed by atoms with Crippen molar-refractivity contribution in [2.24, 2.45) is 11.8 Å². The normalized spacial score (nSPS) is 19.5. The van der Waals surface area contributed by atoms with Crippen molar-refractivity contribution in [1.29, 1.82) is 0 Å². The van der Waals surface area contributed by atoms with Crippen molar-refractivity contribution in [3.05, 3.63) is 47.0 Å². The van der Waals surface area contributed by atoms with Gasteiger partial charge < -0.3 is 30.7 Å². The Kier molecular flexibility index (Phi) is 13.3. The van der Waals surface area contributed by atoms with Crippen LogP contribution in [0.15, 0.2) is 35.8 Å². The minimum absolute atomic E-state index is 0.0668. The molecule has 4 N–H and O–H groups in total. The Morgan fingerprint density at radius 2 is 1.68 bits per heavy atom. The van der Waals surface area contributed by atoms with E-state index >= 15 is 0 Å². The van der Waals surface area contributed by atoms with E-state index in [1.54, 1.807) is 20.8 Å². The zero-order valence-electron chi connectivity index (χ0n) is 25.2. The number of carbonyl (C=O) groups excluding carboxylic acids is 4. The number of ether oxygens (including phenoxy) is 1. The smallest absolute Gasteiger partial charge is 0.408 e. The molecule has 0 bridgehead atoms. The van der Waals surface area contributed by atoms with E-state index in [0.717, 1.165) is 15.6 Å². The van der Waals surface area contributed by atoms with Gasteiger partial charge in [-0.3, -0.25) is 14.4 Å². The predicted octanol–water partition coefficient (Wildman–Crippen LogP) is 4.97. The van der Waals surface area contributed by atoms with Crippen LogP contribution in [0.1, 0.15) is 51.2 Å². The van der Waals surface area contributed by atoms with Crippen molar-refractivity contribution < 1.29 is 29.0 Å². The molecule has 1 unspecified atom stereocenters. The molecular weight excluding hydrogens is 837 g/mol. The number of hydrogen-bond donors (Lipinski definition) is 4. The number of halogens is 4. The number of nitrogens with zero attached hydrogens (tertiary/aromatic N) is 1. The van der Waals surface area contributed by atoms with Crippen LogP contribution < -0.4 is 16.0 Å². The van der Waals surface area contributed by atoms with Gasteiger partial charge in [0.2, 0.25) is 17.6 Å². The zero-order chi connectivity index (χ0) is 32.8. The number of ketones is 1. The SMILES string of the molecule is CNC(=O)C(=O)C(CCCI)N/C(O)=C1\C[C@@H](C(C)(Cl)Cl)CN1C(=O)[C@@H](NC(=O)OC(C)(C)CI)C1Cc2ccccc2C1. The summed E-state index contributed by atoms with van der Waals surface area (Å²) in [4.78, 5) is 54.0. The van der Waals surface area contributed by atoms with E-state index in [1.165, 1.54) is 11.9 Å². The van der Waals surface area contributed by atoms with Crippen molar-refractivity contribution in [2.45, 2.75) is 74.9 Å². The summed E-state index contributed by atoms with van der Waals surface area (Å²) in [6.07, 6.45) is 1.41. The maximum Gasteiger partial charge on any atom is 0.408 e. The average Bonchev–Trinajstić information content (AvgIpc) is 3.62. The van der Waals surface area contributed by atoms with Crippen molar-refractivity contribution in [2.75, 3.05) is 22.4 Å². The molecule has 3 atom stereocenters. The van der Waals surface area contributed by atoms with Crippen LogP contribution in [-0.4, -0.2) is 78.2 Å². The van der Waals surface area contributed by atoms with Gasteiger partial charge in [0.25, 0.3) is 5.91 Å². The summed E-state index contributed by atoms with van der Waals surface area (Å²) in [6, 6.07) is 5.87. The molecule has 1 aromatic rings. The highest BCUT2D eigenvalue weighted by molar-refractivity contribution is 14.1. The number of likely N-dealkylation sites (tertiary alicyclic amines) is 1. The number of nitrogens with one attached hydrogen (secondary N) is 3. The number of rotatable bonds is 13. The van der Waals surface area contributed by atoms with Gasteiger partial charge in [-0.2, -0.15) is 0 Å². The minimum Gasteiger partial charge on any atom is -0.494 e. The maximum absolute atomic E-state index is 14.5. The summed E-state index contributed by atoms with van der Waals surface area (Å²) in [5.41, 5.74) is 1.61. The van der Waals surface area contributed by atoms with Crippen LogP contribution in [0.3, 0.4) is 0 Å². The van der Waals surface area contributed by atoms with Crippen molar-refractivity contribution >= 4 is 92.1 Å². The van der Waals surface area contributed by atoms with Gasteiger partial charge in [-0.05, 0) is 67.9 Å². The Labute approximate surface area is 296 Å². The summed E-state index contributed by atoms with van der Waals surface area (Å²) < 4.78 is 5.67. The molecule has 1 aliphatic heterocycles. The highest BCUT2D eigenvalue weighted by Gasteiger charge is 2.46. The Balaban J connectivity index is 2.00. The second kappa shape index (κ2) is 15.9. The number of Topliss-reactive ketones (excluding diaryl/α,β-unsaturated/α-hetero) is 1. The number of alkyl carbamates (subject to hydrolysis) is 1. The molecule has 1 fully saturated rings. The molecule has 0 saturated carbocycles. The molecule has 1 aromatic carbocycles. The molecule has 244 valence electrons. The topological polar surface area (TPSA) is 137 Å². The van der Waals surface area contributed by atoms with Gasteiger partial charge in [0.05, 0.1) is 11.7 Å². The standard InChI is InChI=1S/C30H40Cl2I2N4O6/c1-29(2,16-34)44-28(43)37-23(19-12-17-8-5-6-9-18(17)13-19)27(42)38-15-20(30(3,31)32)14-22(38)25(40)36-21(10-7-11-33)24(39)26(41)35-4/h5-6,8-9,19-21,23,36,40H,7,10-16H2,1-4H3,(H,35,41)(H,37,43)/b25-22-/t20-,21?,23+/m1/s1. The Hall–Kier alpha value is -1.52. The van der Waals surface area contributed by atoms with Gasteiger partial charge in [-0.1, -0.05) is 69.4 Å². The van der Waals surface area contributed by atoms with Crippen LogP contribution in [0.25, 0.3) is 0 Å². The van der Waals surface area contributed by atoms with E-state index in [1.807, 2.05) is 24.3 Å². The quantitative estimate of drug-likeness (QED) is 0.0952. The molecule has 3 rings (SSSR count). The second-order valence-corrected chi connectivity index (χ2v) is 15.5. The largest absolute Gasteiger partial charge is 0.494 e. The number of hydrogen-bond acceptors (Lipinski definition) is 7. The third-order valence-electron chi connectivity index (χ3n) is 7.91. The first kappa shape index (κ1) is 36.9. The van der Waals surface area contributed by atoms with Gasteiger partial charge in [-0.15, -0.1) is 23.2 Å². The average molecular weight is 877 g/mol. The van der Waals surface area contributed by atoms with Crippen LogP contribution in [0.5, 0.6) is 0 Å².